The van der Waals surface area contributed by atoms with Gasteiger partial charge in [-0.05, 0) is 24.1 Å². The summed E-state index contributed by atoms with van der Waals surface area (Å²) in [6.45, 7) is 3.55. The second kappa shape index (κ2) is 7.74. The first-order valence-corrected chi connectivity index (χ1v) is 6.69. The fourth-order valence-corrected chi connectivity index (χ4v) is 2.07. The van der Waals surface area contributed by atoms with Gasteiger partial charge in [-0.15, -0.1) is 6.58 Å². The maximum absolute atomic E-state index is 11.7. The quantitative estimate of drug-likeness (QED) is 0.757. The second-order valence-electron chi connectivity index (χ2n) is 4.10. The number of rotatable bonds is 7. The molecule has 0 aliphatic carbocycles. The lowest BCUT2D eigenvalue weighted by Crippen LogP contribution is -2.29. The standard InChI is InChI=1S/C14H16BrNO3/c1-2-3-7-13(17)16-12(9-14(18)19)10-5-4-6-11(15)8-10/h2,4-6,8,12H,1,3,7,9H2,(H,16,17)(H,18,19). The molecule has 2 N–H and O–H groups in total. The zero-order valence-corrected chi connectivity index (χ0v) is 12.0. The number of carboxylic acid groups (broad SMARTS) is 1. The van der Waals surface area contributed by atoms with E-state index in [1.54, 1.807) is 18.2 Å². The lowest BCUT2D eigenvalue weighted by molar-refractivity contribution is -0.137. The molecular weight excluding hydrogens is 310 g/mol. The number of hydrogen-bond donors (Lipinski definition) is 2. The van der Waals surface area contributed by atoms with Gasteiger partial charge in [0.25, 0.3) is 0 Å². The van der Waals surface area contributed by atoms with E-state index in [2.05, 4.69) is 27.8 Å². The molecule has 0 saturated heterocycles. The van der Waals surface area contributed by atoms with Crippen LogP contribution in [0.25, 0.3) is 0 Å². The van der Waals surface area contributed by atoms with Crippen molar-refractivity contribution in [1.82, 2.24) is 5.32 Å². The predicted molar refractivity (Wildman–Crippen MR) is 76.7 cm³/mol. The Balaban J connectivity index is 2.79. The van der Waals surface area contributed by atoms with E-state index >= 15 is 0 Å². The van der Waals surface area contributed by atoms with Crippen LogP contribution in [0, 0.1) is 0 Å². The van der Waals surface area contributed by atoms with Crippen LogP contribution in [-0.4, -0.2) is 17.0 Å². The normalized spacial score (nSPS) is 11.6. The van der Waals surface area contributed by atoms with Gasteiger partial charge in [0.05, 0.1) is 12.5 Å². The van der Waals surface area contributed by atoms with E-state index < -0.39 is 12.0 Å². The molecule has 1 aromatic rings. The number of nitrogens with one attached hydrogen (secondary N) is 1. The highest BCUT2D eigenvalue weighted by Gasteiger charge is 2.17. The van der Waals surface area contributed by atoms with Crippen molar-refractivity contribution < 1.29 is 14.7 Å². The summed E-state index contributed by atoms with van der Waals surface area (Å²) in [6.07, 6.45) is 2.40. The maximum Gasteiger partial charge on any atom is 0.305 e. The van der Waals surface area contributed by atoms with Crippen LogP contribution in [0.3, 0.4) is 0 Å². The van der Waals surface area contributed by atoms with E-state index in [1.807, 2.05) is 12.1 Å². The summed E-state index contributed by atoms with van der Waals surface area (Å²) in [5.74, 6) is -1.12. The molecule has 1 atom stereocenters. The van der Waals surface area contributed by atoms with Crippen molar-refractivity contribution in [2.45, 2.75) is 25.3 Å². The summed E-state index contributed by atoms with van der Waals surface area (Å²) in [5.41, 5.74) is 0.767. The highest BCUT2D eigenvalue weighted by atomic mass is 79.9. The molecule has 0 spiro atoms. The largest absolute Gasteiger partial charge is 0.481 e. The SMILES string of the molecule is C=CCCC(=O)NC(CC(=O)O)c1cccc(Br)c1. The molecule has 1 amide bonds. The monoisotopic (exact) mass is 325 g/mol. The van der Waals surface area contributed by atoms with Crippen LogP contribution in [0.2, 0.25) is 0 Å². The molecule has 1 rings (SSSR count). The molecule has 0 aromatic heterocycles. The number of carbonyl (C=O) groups is 2. The van der Waals surface area contributed by atoms with Crippen LogP contribution in [0.5, 0.6) is 0 Å². The fraction of sp³-hybridized carbons (Fsp3) is 0.286. The Bertz CT molecular complexity index is 474. The van der Waals surface area contributed by atoms with Gasteiger partial charge in [-0.2, -0.15) is 0 Å². The number of benzene rings is 1. The minimum atomic E-state index is -0.950. The molecule has 0 aliphatic heterocycles. The van der Waals surface area contributed by atoms with Gasteiger partial charge in [-0.25, -0.2) is 0 Å². The Kier molecular flexibility index (Phi) is 6.29. The predicted octanol–water partition coefficient (Wildman–Crippen LogP) is 3.05. The van der Waals surface area contributed by atoms with Crippen molar-refractivity contribution in [3.05, 3.63) is 47.0 Å². The van der Waals surface area contributed by atoms with Crippen LogP contribution < -0.4 is 5.32 Å². The number of carbonyl (C=O) groups excluding carboxylic acids is 1. The zero-order chi connectivity index (χ0) is 14.3. The van der Waals surface area contributed by atoms with Crippen LogP contribution in [0.4, 0.5) is 0 Å². The van der Waals surface area contributed by atoms with Gasteiger partial charge in [0.1, 0.15) is 0 Å². The molecule has 0 heterocycles. The second-order valence-corrected chi connectivity index (χ2v) is 5.02. The Hall–Kier alpha value is -1.62. The van der Waals surface area contributed by atoms with Gasteiger partial charge in [0.2, 0.25) is 5.91 Å². The van der Waals surface area contributed by atoms with Gasteiger partial charge in [0, 0.05) is 10.9 Å². The number of aliphatic carboxylic acids is 1. The van der Waals surface area contributed by atoms with Crippen LogP contribution in [-0.2, 0) is 9.59 Å². The van der Waals surface area contributed by atoms with E-state index in [4.69, 9.17) is 5.11 Å². The minimum absolute atomic E-state index is 0.143. The first kappa shape index (κ1) is 15.4. The maximum atomic E-state index is 11.7. The molecule has 0 saturated carbocycles. The number of allylic oxidation sites excluding steroid dienone is 1. The van der Waals surface area contributed by atoms with E-state index in [1.165, 1.54) is 0 Å². The van der Waals surface area contributed by atoms with Crippen molar-refractivity contribution in [2.75, 3.05) is 0 Å². The highest BCUT2D eigenvalue weighted by Crippen LogP contribution is 2.21. The Morgan fingerprint density at radius 2 is 2.21 bits per heavy atom. The number of hydrogen-bond acceptors (Lipinski definition) is 2. The molecule has 0 radical (unpaired) electrons. The van der Waals surface area contributed by atoms with Crippen molar-refractivity contribution in [3.63, 3.8) is 0 Å². The number of carboxylic acids is 1. The van der Waals surface area contributed by atoms with Gasteiger partial charge in [-0.3, -0.25) is 9.59 Å². The average Bonchev–Trinajstić information content (AvgIpc) is 2.35. The molecule has 19 heavy (non-hydrogen) atoms. The lowest BCUT2D eigenvalue weighted by atomic mass is 10.0. The summed E-state index contributed by atoms with van der Waals surface area (Å²) in [5, 5.41) is 11.7. The summed E-state index contributed by atoms with van der Waals surface area (Å²) in [6, 6.07) is 6.74. The highest BCUT2D eigenvalue weighted by molar-refractivity contribution is 9.10. The summed E-state index contributed by atoms with van der Waals surface area (Å²) in [4.78, 5) is 22.6. The third-order valence-corrected chi connectivity index (χ3v) is 3.03. The third kappa shape index (κ3) is 5.70. The zero-order valence-electron chi connectivity index (χ0n) is 10.4. The van der Waals surface area contributed by atoms with Gasteiger partial charge in [0.15, 0.2) is 0 Å². The molecule has 1 unspecified atom stereocenters. The molecule has 0 fully saturated rings. The van der Waals surface area contributed by atoms with Crippen molar-refractivity contribution in [1.29, 1.82) is 0 Å². The van der Waals surface area contributed by atoms with Crippen LogP contribution in [0.15, 0.2) is 41.4 Å². The summed E-state index contributed by atoms with van der Waals surface area (Å²) in [7, 11) is 0. The van der Waals surface area contributed by atoms with Gasteiger partial charge < -0.3 is 10.4 Å². The van der Waals surface area contributed by atoms with Crippen molar-refractivity contribution in [2.24, 2.45) is 0 Å². The first-order valence-electron chi connectivity index (χ1n) is 5.90. The average molecular weight is 326 g/mol. The Morgan fingerprint density at radius 1 is 1.47 bits per heavy atom. The van der Waals surface area contributed by atoms with Gasteiger partial charge >= 0.3 is 5.97 Å². The first-order chi connectivity index (χ1) is 9.02. The van der Waals surface area contributed by atoms with Gasteiger partial charge in [-0.1, -0.05) is 34.1 Å². The number of amides is 1. The molecule has 4 nitrogen and oxygen atoms in total. The lowest BCUT2D eigenvalue weighted by Gasteiger charge is -2.17. The molecular formula is C14H16BrNO3. The van der Waals surface area contributed by atoms with E-state index in [0.717, 1.165) is 10.0 Å². The number of halogens is 1. The molecule has 0 bridgehead atoms. The summed E-state index contributed by atoms with van der Waals surface area (Å²) >= 11 is 3.33. The van der Waals surface area contributed by atoms with E-state index in [9.17, 15) is 9.59 Å². The molecule has 0 aliphatic rings. The third-order valence-electron chi connectivity index (χ3n) is 2.54. The van der Waals surface area contributed by atoms with Crippen molar-refractivity contribution in [3.8, 4) is 0 Å². The molecule has 102 valence electrons. The summed E-state index contributed by atoms with van der Waals surface area (Å²) < 4.78 is 0.848. The van der Waals surface area contributed by atoms with E-state index in [0.29, 0.717) is 12.8 Å². The smallest absolute Gasteiger partial charge is 0.305 e. The molecule has 1 aromatic carbocycles. The molecule has 5 heteroatoms. The van der Waals surface area contributed by atoms with Crippen LogP contribution in [0.1, 0.15) is 30.9 Å². The van der Waals surface area contributed by atoms with Crippen LogP contribution >= 0.6 is 15.9 Å². The van der Waals surface area contributed by atoms with Crippen molar-refractivity contribution >= 4 is 27.8 Å². The minimum Gasteiger partial charge on any atom is -0.481 e. The Morgan fingerprint density at radius 3 is 2.79 bits per heavy atom. The van der Waals surface area contributed by atoms with E-state index in [-0.39, 0.29) is 12.3 Å². The fourth-order valence-electron chi connectivity index (χ4n) is 1.65. The Labute approximate surface area is 120 Å². The topological polar surface area (TPSA) is 66.4 Å².